The van der Waals surface area contributed by atoms with E-state index in [2.05, 4.69) is 32.9 Å². The van der Waals surface area contributed by atoms with E-state index in [1.807, 2.05) is 6.08 Å². The van der Waals surface area contributed by atoms with Gasteiger partial charge in [-0.2, -0.15) is 10.5 Å². The van der Waals surface area contributed by atoms with Gasteiger partial charge in [-0.1, -0.05) is 26.8 Å². The Morgan fingerprint density at radius 3 is 2.53 bits per heavy atom. The van der Waals surface area contributed by atoms with Crippen LogP contribution in [-0.4, -0.2) is 5.78 Å². The lowest BCUT2D eigenvalue weighted by Crippen LogP contribution is -2.35. The van der Waals surface area contributed by atoms with Crippen molar-refractivity contribution in [1.82, 2.24) is 0 Å². The number of carbonyl (C=O) groups is 1. The molecular weight excluding hydrogens is 236 g/mol. The average Bonchev–Trinajstić information content (AvgIpc) is 2.82. The summed E-state index contributed by atoms with van der Waals surface area (Å²) in [7, 11) is 0. The van der Waals surface area contributed by atoms with Gasteiger partial charge in [-0.3, -0.25) is 4.79 Å². The van der Waals surface area contributed by atoms with Gasteiger partial charge in [0.2, 0.25) is 0 Å². The number of allylic oxidation sites excluding steroid dienone is 2. The summed E-state index contributed by atoms with van der Waals surface area (Å²) < 4.78 is 0. The van der Waals surface area contributed by atoms with E-state index >= 15 is 0 Å². The zero-order chi connectivity index (χ0) is 14.1. The van der Waals surface area contributed by atoms with E-state index in [0.29, 0.717) is 5.92 Å². The van der Waals surface area contributed by atoms with Crippen LogP contribution in [0.15, 0.2) is 12.2 Å². The van der Waals surface area contributed by atoms with E-state index < -0.39 is 16.2 Å². The lowest BCUT2D eigenvalue weighted by molar-refractivity contribution is -0.118. The fourth-order valence-electron chi connectivity index (χ4n) is 5.33. The normalized spacial score (nSPS) is 50.3. The number of fused-ring (bicyclic) bond motifs is 1. The van der Waals surface area contributed by atoms with E-state index in [0.717, 1.165) is 12.8 Å². The second kappa shape index (κ2) is 3.28. The summed E-state index contributed by atoms with van der Waals surface area (Å²) in [6, 6.07) is 4.71. The smallest absolute Gasteiger partial charge is 0.178 e. The number of nitrogens with zero attached hydrogens (tertiary/aromatic N) is 2. The number of ketones is 1. The minimum atomic E-state index is -1.10. The topological polar surface area (TPSA) is 64.7 Å². The third-order valence-corrected chi connectivity index (χ3v) is 6.06. The predicted octanol–water partition coefficient (Wildman–Crippen LogP) is 2.85. The standard InChI is InChI=1S/C16H18N2O/c1-10(2)12-5-4-11(3)14-7-6-13(19)16(14,9-18)15(12,14)8-17/h6-7,10-12H,4-5H2,1-3H3/t11-,12+,14+,15+,16+/m1/s1. The largest absolute Gasteiger partial charge is 0.293 e. The molecule has 0 radical (unpaired) electrons. The molecule has 3 nitrogen and oxygen atoms in total. The zero-order valence-electron chi connectivity index (χ0n) is 11.6. The Balaban J connectivity index is 2.28. The van der Waals surface area contributed by atoms with Crippen molar-refractivity contribution < 1.29 is 4.79 Å². The Kier molecular flexibility index (Phi) is 2.15. The van der Waals surface area contributed by atoms with Crippen molar-refractivity contribution in [1.29, 1.82) is 10.5 Å². The number of hydrogen-bond donors (Lipinski definition) is 0. The third kappa shape index (κ3) is 0.872. The number of rotatable bonds is 1. The zero-order valence-corrected chi connectivity index (χ0v) is 11.6. The maximum atomic E-state index is 12.3. The molecule has 19 heavy (non-hydrogen) atoms. The molecule has 2 saturated carbocycles. The van der Waals surface area contributed by atoms with Gasteiger partial charge in [0.1, 0.15) is 5.41 Å². The molecule has 0 aromatic rings. The van der Waals surface area contributed by atoms with Crippen LogP contribution in [-0.2, 0) is 4.79 Å². The molecule has 3 heteroatoms. The van der Waals surface area contributed by atoms with Crippen molar-refractivity contribution in [2.45, 2.75) is 33.6 Å². The monoisotopic (exact) mass is 254 g/mol. The minimum Gasteiger partial charge on any atom is -0.293 e. The van der Waals surface area contributed by atoms with Crippen LogP contribution in [0, 0.1) is 56.7 Å². The Morgan fingerprint density at radius 2 is 2.00 bits per heavy atom. The van der Waals surface area contributed by atoms with Gasteiger partial charge in [0, 0.05) is 5.41 Å². The summed E-state index contributed by atoms with van der Waals surface area (Å²) in [5, 5.41) is 19.6. The van der Waals surface area contributed by atoms with Gasteiger partial charge in [0.05, 0.1) is 17.6 Å². The summed E-state index contributed by atoms with van der Waals surface area (Å²) in [6.07, 6.45) is 5.37. The molecule has 0 bridgehead atoms. The molecule has 3 aliphatic carbocycles. The molecule has 3 rings (SSSR count). The minimum absolute atomic E-state index is 0.141. The average molecular weight is 254 g/mol. The van der Waals surface area contributed by atoms with Crippen LogP contribution >= 0.6 is 0 Å². The predicted molar refractivity (Wildman–Crippen MR) is 69.4 cm³/mol. The van der Waals surface area contributed by atoms with E-state index in [1.54, 1.807) is 0 Å². The van der Waals surface area contributed by atoms with E-state index in [-0.39, 0.29) is 17.6 Å². The molecule has 2 fully saturated rings. The fraction of sp³-hybridized carbons (Fsp3) is 0.688. The first kappa shape index (κ1) is 12.4. The van der Waals surface area contributed by atoms with Crippen LogP contribution in [0.2, 0.25) is 0 Å². The van der Waals surface area contributed by atoms with Gasteiger partial charge in [0.25, 0.3) is 0 Å². The molecule has 0 aliphatic heterocycles. The molecule has 1 spiro atoms. The molecule has 98 valence electrons. The van der Waals surface area contributed by atoms with Gasteiger partial charge in [-0.25, -0.2) is 0 Å². The van der Waals surface area contributed by atoms with Crippen molar-refractivity contribution in [3.63, 3.8) is 0 Å². The highest BCUT2D eigenvalue weighted by molar-refractivity contribution is 6.07. The summed E-state index contributed by atoms with van der Waals surface area (Å²) in [4.78, 5) is 12.3. The lowest BCUT2D eigenvalue weighted by atomic mass is 9.64. The van der Waals surface area contributed by atoms with Crippen molar-refractivity contribution in [2.24, 2.45) is 34.0 Å². The fourth-order valence-corrected chi connectivity index (χ4v) is 5.33. The molecular formula is C16H18N2O. The second-order valence-corrected chi connectivity index (χ2v) is 6.68. The first-order valence-electron chi connectivity index (χ1n) is 7.02. The maximum Gasteiger partial charge on any atom is 0.178 e. The van der Waals surface area contributed by atoms with E-state index in [9.17, 15) is 15.3 Å². The highest BCUT2D eigenvalue weighted by Crippen LogP contribution is 2.89. The van der Waals surface area contributed by atoms with Crippen LogP contribution in [0.5, 0.6) is 0 Å². The second-order valence-electron chi connectivity index (χ2n) is 6.68. The number of hydrogen-bond acceptors (Lipinski definition) is 3. The molecule has 0 saturated heterocycles. The number of carbonyl (C=O) groups excluding carboxylic acids is 1. The highest BCUT2D eigenvalue weighted by Gasteiger charge is 2.95. The SMILES string of the molecule is CC(C)[C@@H]1CC[C@@H](C)[C@]23C=CC(=O)[C@]2(C#N)[C@@]13C#N. The summed E-state index contributed by atoms with van der Waals surface area (Å²) >= 11 is 0. The van der Waals surface area contributed by atoms with Crippen LogP contribution in [0.1, 0.15) is 33.6 Å². The summed E-state index contributed by atoms with van der Waals surface area (Å²) in [6.45, 7) is 6.28. The first-order chi connectivity index (χ1) is 8.96. The molecule has 3 aliphatic rings. The van der Waals surface area contributed by atoms with Crippen molar-refractivity contribution in [3.8, 4) is 12.1 Å². The number of nitriles is 2. The molecule has 0 aromatic carbocycles. The molecule has 5 atom stereocenters. The quantitative estimate of drug-likeness (QED) is 0.722. The Labute approximate surface area is 113 Å². The van der Waals surface area contributed by atoms with Gasteiger partial charge in [-0.15, -0.1) is 0 Å². The van der Waals surface area contributed by atoms with Gasteiger partial charge in [-0.05, 0) is 36.7 Å². The van der Waals surface area contributed by atoms with Crippen molar-refractivity contribution >= 4 is 5.78 Å². The lowest BCUT2D eigenvalue weighted by Gasteiger charge is -2.37. The Morgan fingerprint density at radius 1 is 1.32 bits per heavy atom. The van der Waals surface area contributed by atoms with Crippen molar-refractivity contribution in [2.75, 3.05) is 0 Å². The summed E-state index contributed by atoms with van der Waals surface area (Å²) in [5.41, 5.74) is -2.40. The Hall–Kier alpha value is -1.61. The van der Waals surface area contributed by atoms with Crippen LogP contribution in [0.25, 0.3) is 0 Å². The Bertz CT molecular complexity index is 579. The van der Waals surface area contributed by atoms with Crippen LogP contribution < -0.4 is 0 Å². The van der Waals surface area contributed by atoms with E-state index in [1.165, 1.54) is 6.08 Å². The van der Waals surface area contributed by atoms with Gasteiger partial charge < -0.3 is 0 Å². The molecule has 0 unspecified atom stereocenters. The third-order valence-electron chi connectivity index (χ3n) is 6.06. The molecule has 0 aromatic heterocycles. The maximum absolute atomic E-state index is 12.3. The first-order valence-corrected chi connectivity index (χ1v) is 7.02. The molecule has 0 N–H and O–H groups in total. The molecule has 0 heterocycles. The van der Waals surface area contributed by atoms with Crippen LogP contribution in [0.4, 0.5) is 0 Å². The van der Waals surface area contributed by atoms with Gasteiger partial charge >= 0.3 is 0 Å². The van der Waals surface area contributed by atoms with Gasteiger partial charge in [0.15, 0.2) is 5.78 Å². The van der Waals surface area contributed by atoms with Crippen LogP contribution in [0.3, 0.4) is 0 Å². The highest BCUT2D eigenvalue weighted by atomic mass is 16.1. The molecule has 0 amide bonds. The van der Waals surface area contributed by atoms with E-state index in [4.69, 9.17) is 0 Å². The van der Waals surface area contributed by atoms with Crippen molar-refractivity contribution in [3.05, 3.63) is 12.2 Å². The summed E-state index contributed by atoms with van der Waals surface area (Å²) in [5.74, 6) is 0.545.